The van der Waals surface area contributed by atoms with Crippen LogP contribution in [0.4, 0.5) is 0 Å². The number of nitrogens with one attached hydrogen (secondary N) is 2. The number of hydrogen-bond acceptors (Lipinski definition) is 6. The molecule has 4 aromatic rings. The first kappa shape index (κ1) is 28.3. The van der Waals surface area contributed by atoms with Crippen molar-refractivity contribution in [2.24, 2.45) is 0 Å². The lowest BCUT2D eigenvalue weighted by Gasteiger charge is -2.22. The Morgan fingerprint density at radius 1 is 0.700 bits per heavy atom. The molecule has 0 aliphatic heterocycles. The standard InChI is InChI=1S/C31H29ClN2O6/c1-37-24-13-8-20(9-14-24)30(35)33-29(34-31(36)21-10-15-25(38-2)16-11-21)22-12-17-27(39-3)28(18-22)40-19-23-6-4-5-7-26(23)32/h4-18,29H,19H2,1-3H3,(H,33,35)(H,34,36). The van der Waals surface area contributed by atoms with Gasteiger partial charge in [-0.1, -0.05) is 35.9 Å². The first-order valence-corrected chi connectivity index (χ1v) is 12.7. The van der Waals surface area contributed by atoms with Crippen molar-refractivity contribution >= 4 is 23.4 Å². The average molecular weight is 561 g/mol. The number of amides is 2. The second-order valence-corrected chi connectivity index (χ2v) is 9.03. The summed E-state index contributed by atoms with van der Waals surface area (Å²) in [6.45, 7) is 0.195. The molecule has 0 saturated carbocycles. The predicted molar refractivity (Wildman–Crippen MR) is 152 cm³/mol. The molecule has 9 heteroatoms. The normalized spacial score (nSPS) is 10.5. The highest BCUT2D eigenvalue weighted by Gasteiger charge is 2.21. The summed E-state index contributed by atoms with van der Waals surface area (Å²) in [6.07, 6.45) is -0.905. The van der Waals surface area contributed by atoms with Crippen LogP contribution in [0.2, 0.25) is 5.02 Å². The molecule has 0 aliphatic carbocycles. The molecule has 0 unspecified atom stereocenters. The number of carbonyl (C=O) groups is 2. The van der Waals surface area contributed by atoms with E-state index in [0.717, 1.165) is 5.56 Å². The molecule has 206 valence electrons. The van der Waals surface area contributed by atoms with Gasteiger partial charge in [0.15, 0.2) is 11.5 Å². The minimum atomic E-state index is -0.905. The molecule has 0 spiro atoms. The first-order chi connectivity index (χ1) is 19.4. The number of carbonyl (C=O) groups excluding carboxylic acids is 2. The third-order valence-electron chi connectivity index (χ3n) is 6.12. The minimum Gasteiger partial charge on any atom is -0.497 e. The van der Waals surface area contributed by atoms with E-state index in [4.69, 9.17) is 30.5 Å². The lowest BCUT2D eigenvalue weighted by molar-refractivity contribution is 0.0883. The molecule has 0 saturated heterocycles. The van der Waals surface area contributed by atoms with Crippen molar-refractivity contribution in [1.29, 1.82) is 0 Å². The Balaban J connectivity index is 1.63. The molecule has 2 N–H and O–H groups in total. The lowest BCUT2D eigenvalue weighted by atomic mass is 10.1. The molecule has 0 bridgehead atoms. The summed E-state index contributed by atoms with van der Waals surface area (Å²) in [5, 5.41) is 6.39. The van der Waals surface area contributed by atoms with Crippen LogP contribution in [-0.2, 0) is 6.61 Å². The number of ether oxygens (including phenoxy) is 4. The van der Waals surface area contributed by atoms with Crippen molar-refractivity contribution in [2.75, 3.05) is 21.3 Å². The van der Waals surface area contributed by atoms with Crippen molar-refractivity contribution in [3.63, 3.8) is 0 Å². The summed E-state index contributed by atoms with van der Waals surface area (Å²) in [5.41, 5.74) is 2.16. The molecule has 0 heterocycles. The summed E-state index contributed by atoms with van der Waals surface area (Å²) in [7, 11) is 4.63. The second kappa shape index (κ2) is 13.4. The summed E-state index contributed by atoms with van der Waals surface area (Å²) >= 11 is 6.29. The van der Waals surface area contributed by atoms with Crippen LogP contribution in [-0.4, -0.2) is 33.1 Å². The minimum absolute atomic E-state index is 0.195. The van der Waals surface area contributed by atoms with Crippen LogP contribution >= 0.6 is 11.6 Å². The van der Waals surface area contributed by atoms with Gasteiger partial charge >= 0.3 is 0 Å². The topological polar surface area (TPSA) is 95.1 Å². The quantitative estimate of drug-likeness (QED) is 0.225. The van der Waals surface area contributed by atoms with Crippen LogP contribution in [0.25, 0.3) is 0 Å². The Morgan fingerprint density at radius 2 is 1.25 bits per heavy atom. The number of rotatable bonds is 11. The van der Waals surface area contributed by atoms with Crippen LogP contribution in [0.1, 0.15) is 38.0 Å². The first-order valence-electron chi connectivity index (χ1n) is 12.4. The zero-order chi connectivity index (χ0) is 28.5. The maximum atomic E-state index is 13.2. The van der Waals surface area contributed by atoms with Crippen molar-refractivity contribution in [2.45, 2.75) is 12.8 Å². The fourth-order valence-electron chi connectivity index (χ4n) is 3.87. The van der Waals surface area contributed by atoms with Crippen LogP contribution in [0.15, 0.2) is 91.0 Å². The third-order valence-corrected chi connectivity index (χ3v) is 6.49. The van der Waals surface area contributed by atoms with E-state index in [0.29, 0.717) is 44.7 Å². The van der Waals surface area contributed by atoms with E-state index in [1.54, 1.807) is 87.0 Å². The number of hydrogen-bond donors (Lipinski definition) is 2. The fourth-order valence-corrected chi connectivity index (χ4v) is 4.06. The summed E-state index contributed by atoms with van der Waals surface area (Å²) in [4.78, 5) is 26.4. The molecule has 0 aliphatic rings. The van der Waals surface area contributed by atoms with E-state index in [9.17, 15) is 9.59 Å². The predicted octanol–water partition coefficient (Wildman–Crippen LogP) is 5.80. The molecule has 0 fully saturated rings. The maximum absolute atomic E-state index is 13.2. The van der Waals surface area contributed by atoms with Crippen molar-refractivity contribution < 1.29 is 28.5 Å². The Bertz CT molecular complexity index is 1400. The van der Waals surface area contributed by atoms with Gasteiger partial charge in [0.2, 0.25) is 0 Å². The number of halogens is 1. The highest BCUT2D eigenvalue weighted by molar-refractivity contribution is 6.31. The number of methoxy groups -OCH3 is 3. The highest BCUT2D eigenvalue weighted by atomic mass is 35.5. The second-order valence-electron chi connectivity index (χ2n) is 8.63. The zero-order valence-corrected chi connectivity index (χ0v) is 23.0. The van der Waals surface area contributed by atoms with Gasteiger partial charge in [-0.2, -0.15) is 0 Å². The van der Waals surface area contributed by atoms with Crippen LogP contribution in [0, 0.1) is 0 Å². The molecule has 2 amide bonds. The average Bonchev–Trinajstić information content (AvgIpc) is 3.00. The lowest BCUT2D eigenvalue weighted by Crippen LogP contribution is -2.41. The monoisotopic (exact) mass is 560 g/mol. The molecular weight excluding hydrogens is 532 g/mol. The molecular formula is C31H29ClN2O6. The Kier molecular flexibility index (Phi) is 9.48. The van der Waals surface area contributed by atoms with Gasteiger partial charge in [0.1, 0.15) is 24.3 Å². The van der Waals surface area contributed by atoms with Crippen LogP contribution in [0.3, 0.4) is 0 Å². The molecule has 4 rings (SSSR count). The van der Waals surface area contributed by atoms with E-state index < -0.39 is 18.0 Å². The van der Waals surface area contributed by atoms with Gasteiger partial charge in [0.25, 0.3) is 11.8 Å². The van der Waals surface area contributed by atoms with Gasteiger partial charge in [0, 0.05) is 21.7 Å². The highest BCUT2D eigenvalue weighted by Crippen LogP contribution is 2.31. The van der Waals surface area contributed by atoms with E-state index in [1.807, 2.05) is 18.2 Å². The summed E-state index contributed by atoms with van der Waals surface area (Å²) in [6, 6.07) is 25.9. The Morgan fingerprint density at radius 3 is 1.75 bits per heavy atom. The van der Waals surface area contributed by atoms with Gasteiger partial charge in [0.05, 0.1) is 21.3 Å². The maximum Gasteiger partial charge on any atom is 0.253 e. The van der Waals surface area contributed by atoms with Crippen molar-refractivity contribution in [3.05, 3.63) is 118 Å². The SMILES string of the molecule is COc1ccc(C(=O)NC(NC(=O)c2ccc(OC)cc2)c2ccc(OC)c(OCc3ccccc3Cl)c2)cc1. The molecule has 40 heavy (non-hydrogen) atoms. The molecule has 0 radical (unpaired) electrons. The van der Waals surface area contributed by atoms with Gasteiger partial charge in [-0.3, -0.25) is 9.59 Å². The van der Waals surface area contributed by atoms with Crippen LogP contribution < -0.4 is 29.6 Å². The molecule has 4 aromatic carbocycles. The van der Waals surface area contributed by atoms with Crippen molar-refractivity contribution in [1.82, 2.24) is 10.6 Å². The van der Waals surface area contributed by atoms with Gasteiger partial charge < -0.3 is 29.6 Å². The van der Waals surface area contributed by atoms with E-state index in [-0.39, 0.29) is 6.61 Å². The zero-order valence-electron chi connectivity index (χ0n) is 22.3. The van der Waals surface area contributed by atoms with Crippen molar-refractivity contribution in [3.8, 4) is 23.0 Å². The van der Waals surface area contributed by atoms with Gasteiger partial charge in [-0.15, -0.1) is 0 Å². The largest absolute Gasteiger partial charge is 0.497 e. The Hall–Kier alpha value is -4.69. The van der Waals surface area contributed by atoms with Gasteiger partial charge in [-0.05, 0) is 72.3 Å². The van der Waals surface area contributed by atoms with Crippen LogP contribution in [0.5, 0.6) is 23.0 Å². The summed E-state index contributed by atoms with van der Waals surface area (Å²) in [5.74, 6) is 1.36. The number of benzene rings is 4. The van der Waals surface area contributed by atoms with E-state index in [2.05, 4.69) is 10.6 Å². The van der Waals surface area contributed by atoms with E-state index in [1.165, 1.54) is 7.11 Å². The fraction of sp³-hybridized carbons (Fsp3) is 0.161. The van der Waals surface area contributed by atoms with E-state index >= 15 is 0 Å². The molecule has 0 aromatic heterocycles. The third kappa shape index (κ3) is 7.03. The smallest absolute Gasteiger partial charge is 0.253 e. The Labute approximate surface area is 237 Å². The molecule has 8 nitrogen and oxygen atoms in total. The van der Waals surface area contributed by atoms with Gasteiger partial charge in [-0.25, -0.2) is 0 Å². The summed E-state index contributed by atoms with van der Waals surface area (Å²) < 4.78 is 21.9. The molecule has 0 atom stereocenters.